The van der Waals surface area contributed by atoms with Crippen molar-refractivity contribution in [2.45, 2.75) is 343 Å². The average molecular weight is 1270 g/mol. The van der Waals surface area contributed by atoms with Crippen LogP contribution in [-0.4, -0.2) is 96.7 Å². The molecule has 0 amide bonds. The molecule has 0 aromatic carbocycles. The number of esters is 4. The second-order valence-corrected chi connectivity index (χ2v) is 29.0. The number of carbonyl (C=O) groups is 4. The first-order valence-corrected chi connectivity index (χ1v) is 37.7. The fourth-order valence-electron chi connectivity index (χ4n) is 9.96. The van der Waals surface area contributed by atoms with Crippen LogP contribution in [0.5, 0.6) is 0 Å². The predicted molar refractivity (Wildman–Crippen MR) is 344 cm³/mol. The van der Waals surface area contributed by atoms with Crippen LogP contribution in [0.15, 0.2) is 0 Å². The van der Waals surface area contributed by atoms with Gasteiger partial charge in [0.05, 0.1) is 26.4 Å². The van der Waals surface area contributed by atoms with Gasteiger partial charge in [-0.1, -0.05) is 274 Å². The minimum Gasteiger partial charge on any atom is -0.462 e. The summed E-state index contributed by atoms with van der Waals surface area (Å²) < 4.78 is 68.1. The van der Waals surface area contributed by atoms with Gasteiger partial charge in [0.2, 0.25) is 0 Å². The molecular formula is C67H130O17P2. The molecule has 0 aliphatic rings. The fraction of sp³-hybridized carbons (Fsp3) is 0.940. The van der Waals surface area contributed by atoms with E-state index in [4.69, 9.17) is 37.0 Å². The Morgan fingerprint density at radius 1 is 0.291 bits per heavy atom. The third-order valence-electron chi connectivity index (χ3n) is 15.3. The lowest BCUT2D eigenvalue weighted by atomic mass is 10.0. The van der Waals surface area contributed by atoms with Crippen molar-refractivity contribution in [1.29, 1.82) is 0 Å². The molecule has 86 heavy (non-hydrogen) atoms. The molecule has 0 fully saturated rings. The molecule has 0 heterocycles. The predicted octanol–water partition coefficient (Wildman–Crippen LogP) is 18.5. The highest BCUT2D eigenvalue weighted by atomic mass is 31.2. The van der Waals surface area contributed by atoms with Gasteiger partial charge in [-0.25, -0.2) is 9.13 Å². The molecule has 0 spiro atoms. The Kier molecular flexibility index (Phi) is 55.7. The topological polar surface area (TPSA) is 237 Å². The van der Waals surface area contributed by atoms with E-state index in [0.29, 0.717) is 37.5 Å². The molecule has 0 aromatic heterocycles. The lowest BCUT2D eigenvalue weighted by Crippen LogP contribution is -2.30. The second kappa shape index (κ2) is 57.0. The first-order chi connectivity index (χ1) is 41.1. The van der Waals surface area contributed by atoms with E-state index in [1.54, 1.807) is 0 Å². The Balaban J connectivity index is 5.23. The first kappa shape index (κ1) is 84.1. The molecule has 19 heteroatoms. The zero-order chi connectivity index (χ0) is 63.9. The summed E-state index contributed by atoms with van der Waals surface area (Å²) in [6.07, 6.45) is 37.8. The molecule has 5 atom stereocenters. The lowest BCUT2D eigenvalue weighted by molar-refractivity contribution is -0.161. The molecule has 0 saturated carbocycles. The number of unbranched alkanes of at least 4 members (excludes halogenated alkanes) is 30. The monoisotopic (exact) mass is 1270 g/mol. The zero-order valence-electron chi connectivity index (χ0n) is 55.9. The van der Waals surface area contributed by atoms with Gasteiger partial charge in [-0.05, 0) is 49.4 Å². The molecule has 0 saturated heterocycles. The van der Waals surface area contributed by atoms with Gasteiger partial charge in [-0.15, -0.1) is 0 Å². The normalized spacial score (nSPS) is 14.4. The number of aliphatic hydroxyl groups is 1. The number of phosphoric acid groups is 2. The standard InChI is InChI=1S/C67H130O17P2/c1-57(2)43-35-27-19-14-12-10-9-11-13-15-22-33-41-49-66(71)83-62(53-77-64(69)47-39-31-24-18-21-29-37-45-59(5)6)55-81-85(73,74)79-51-61(68)52-80-86(75,76)82-56-63(54-78-65(70)48-40-32-26-25-30-38-46-60(7)8)84-67(72)50-42-34-23-17-16-20-28-36-44-58(3)4/h57-63,68H,9-56H2,1-8H3,(H,73,74)(H,75,76)/t61?,62-,63-/m1/s1. The zero-order valence-corrected chi connectivity index (χ0v) is 57.7. The Labute approximate surface area is 524 Å². The van der Waals surface area contributed by atoms with Crippen molar-refractivity contribution in [2.24, 2.45) is 23.7 Å². The van der Waals surface area contributed by atoms with Gasteiger partial charge in [-0.2, -0.15) is 0 Å². The van der Waals surface area contributed by atoms with Crippen molar-refractivity contribution >= 4 is 39.5 Å². The van der Waals surface area contributed by atoms with Crippen LogP contribution in [0.1, 0.15) is 325 Å². The van der Waals surface area contributed by atoms with Crippen molar-refractivity contribution in [3.05, 3.63) is 0 Å². The molecule has 0 aliphatic heterocycles. The van der Waals surface area contributed by atoms with E-state index in [1.807, 2.05) is 0 Å². The molecule has 17 nitrogen and oxygen atoms in total. The smallest absolute Gasteiger partial charge is 0.462 e. The Hall–Kier alpha value is -1.94. The summed E-state index contributed by atoms with van der Waals surface area (Å²) in [5.41, 5.74) is 0. The van der Waals surface area contributed by atoms with E-state index in [-0.39, 0.29) is 25.7 Å². The van der Waals surface area contributed by atoms with Crippen molar-refractivity contribution in [3.8, 4) is 0 Å². The second-order valence-electron chi connectivity index (χ2n) is 26.1. The maximum atomic E-state index is 13.0. The molecule has 0 radical (unpaired) electrons. The molecule has 0 bridgehead atoms. The minimum absolute atomic E-state index is 0.103. The fourth-order valence-corrected chi connectivity index (χ4v) is 11.5. The van der Waals surface area contributed by atoms with Gasteiger partial charge in [0.1, 0.15) is 19.3 Å². The maximum Gasteiger partial charge on any atom is 0.472 e. The van der Waals surface area contributed by atoms with Gasteiger partial charge in [0.25, 0.3) is 0 Å². The van der Waals surface area contributed by atoms with Gasteiger partial charge in [0.15, 0.2) is 12.2 Å². The summed E-state index contributed by atoms with van der Waals surface area (Å²) in [7, 11) is -9.89. The van der Waals surface area contributed by atoms with Crippen LogP contribution in [0.3, 0.4) is 0 Å². The number of carbonyl (C=O) groups excluding carboxylic acids is 4. The summed E-state index contributed by atoms with van der Waals surface area (Å²) in [4.78, 5) is 72.3. The maximum absolute atomic E-state index is 13.0. The van der Waals surface area contributed by atoms with Gasteiger partial charge in [0, 0.05) is 25.7 Å². The van der Waals surface area contributed by atoms with Crippen molar-refractivity contribution in [2.75, 3.05) is 39.6 Å². The van der Waals surface area contributed by atoms with Crippen LogP contribution in [0.2, 0.25) is 0 Å². The molecule has 0 aromatic rings. The quantitative estimate of drug-likeness (QED) is 0.0222. The first-order valence-electron chi connectivity index (χ1n) is 34.7. The van der Waals surface area contributed by atoms with Gasteiger partial charge in [-0.3, -0.25) is 37.3 Å². The van der Waals surface area contributed by atoms with Crippen LogP contribution in [0.25, 0.3) is 0 Å². The van der Waals surface area contributed by atoms with Gasteiger partial charge < -0.3 is 33.8 Å². The largest absolute Gasteiger partial charge is 0.472 e. The Morgan fingerprint density at radius 2 is 0.488 bits per heavy atom. The summed E-state index contributed by atoms with van der Waals surface area (Å²) in [5.74, 6) is 0.752. The van der Waals surface area contributed by atoms with E-state index in [1.165, 1.54) is 116 Å². The van der Waals surface area contributed by atoms with Gasteiger partial charge >= 0.3 is 39.5 Å². The molecule has 0 rings (SSSR count). The van der Waals surface area contributed by atoms with E-state index in [0.717, 1.165) is 115 Å². The van der Waals surface area contributed by atoms with E-state index >= 15 is 0 Å². The third-order valence-corrected chi connectivity index (χ3v) is 17.2. The Bertz CT molecular complexity index is 1710. The van der Waals surface area contributed by atoms with E-state index in [2.05, 4.69) is 55.4 Å². The lowest BCUT2D eigenvalue weighted by Gasteiger charge is -2.21. The SMILES string of the molecule is CC(C)CCCCCCCCCCCCCCCC(=O)O[C@H](COC(=O)CCCCCCCCCC(C)C)COP(=O)(O)OCC(O)COP(=O)(O)OC[C@@H](COC(=O)CCCCCCCCC(C)C)OC(=O)CCCCCCCCCCC(C)C. The molecular weight excluding hydrogens is 1140 g/mol. The number of rotatable bonds is 64. The number of ether oxygens (including phenoxy) is 4. The highest BCUT2D eigenvalue weighted by Crippen LogP contribution is 2.45. The summed E-state index contributed by atoms with van der Waals surface area (Å²) in [5, 5.41) is 10.6. The molecule has 3 N–H and O–H groups in total. The van der Waals surface area contributed by atoms with Crippen LogP contribution in [0.4, 0.5) is 0 Å². The number of phosphoric ester groups is 2. The number of hydrogen-bond donors (Lipinski definition) is 3. The summed E-state index contributed by atoms with van der Waals surface area (Å²) in [6, 6.07) is 0. The van der Waals surface area contributed by atoms with Crippen LogP contribution in [0, 0.1) is 23.7 Å². The van der Waals surface area contributed by atoms with E-state index in [9.17, 15) is 43.2 Å². The molecule has 510 valence electrons. The molecule has 3 unspecified atom stereocenters. The highest BCUT2D eigenvalue weighted by molar-refractivity contribution is 7.47. The van der Waals surface area contributed by atoms with E-state index < -0.39 is 97.5 Å². The summed E-state index contributed by atoms with van der Waals surface area (Å²) >= 11 is 0. The molecule has 0 aliphatic carbocycles. The van der Waals surface area contributed by atoms with Crippen LogP contribution >= 0.6 is 15.6 Å². The van der Waals surface area contributed by atoms with Crippen LogP contribution in [-0.2, 0) is 65.4 Å². The minimum atomic E-state index is -4.95. The Morgan fingerprint density at radius 3 is 0.721 bits per heavy atom. The van der Waals surface area contributed by atoms with Crippen molar-refractivity contribution in [3.63, 3.8) is 0 Å². The highest BCUT2D eigenvalue weighted by Gasteiger charge is 2.30. The third kappa shape index (κ3) is 60.9. The van der Waals surface area contributed by atoms with Crippen molar-refractivity contribution in [1.82, 2.24) is 0 Å². The number of aliphatic hydroxyl groups excluding tert-OH is 1. The van der Waals surface area contributed by atoms with Crippen LogP contribution < -0.4 is 0 Å². The number of hydrogen-bond acceptors (Lipinski definition) is 15. The average Bonchev–Trinajstić information content (AvgIpc) is 3.62. The summed E-state index contributed by atoms with van der Waals surface area (Å²) in [6.45, 7) is 14.0. The van der Waals surface area contributed by atoms with Crippen molar-refractivity contribution < 1.29 is 80.2 Å².